The number of hydrogen-bond acceptors (Lipinski definition) is 5. The van der Waals surface area contributed by atoms with E-state index in [1.165, 1.54) is 19.2 Å². The van der Waals surface area contributed by atoms with Gasteiger partial charge in [-0.25, -0.2) is 0 Å². The van der Waals surface area contributed by atoms with Crippen molar-refractivity contribution >= 4 is 22.9 Å². The fourth-order valence-electron chi connectivity index (χ4n) is 1.65. The highest BCUT2D eigenvalue weighted by molar-refractivity contribution is 5.95. The number of carbonyl (C=O) groups is 2. The number of methoxy groups -OCH3 is 1. The van der Waals surface area contributed by atoms with Crippen molar-refractivity contribution in [3.8, 4) is 0 Å². The monoisotopic (exact) mass is 277 g/mol. The van der Waals surface area contributed by atoms with E-state index in [0.29, 0.717) is 9.16 Å². The molecule has 1 heterocycles. The lowest BCUT2D eigenvalue weighted by Gasteiger charge is -2.15. The molecule has 0 saturated heterocycles. The number of carbonyl (C=O) groups excluding carboxylic acids is 2. The molecule has 0 aliphatic heterocycles. The van der Waals surface area contributed by atoms with Crippen LogP contribution in [0.1, 0.15) is 10.5 Å². The highest BCUT2D eigenvalue weighted by Gasteiger charge is 2.17. The molecule has 0 radical (unpaired) electrons. The van der Waals surface area contributed by atoms with Crippen LogP contribution in [-0.4, -0.2) is 30.3 Å². The average molecular weight is 277 g/mol. The van der Waals surface area contributed by atoms with Gasteiger partial charge in [-0.2, -0.15) is 0 Å². The normalized spacial score (nSPS) is 10.2. The smallest absolute Gasteiger partial charge is 0.325 e. The van der Waals surface area contributed by atoms with Gasteiger partial charge in [0.25, 0.3) is 17.6 Å². The van der Waals surface area contributed by atoms with Crippen molar-refractivity contribution in [3.05, 3.63) is 46.3 Å². The van der Waals surface area contributed by atoms with Crippen molar-refractivity contribution in [2.45, 2.75) is 0 Å². The van der Waals surface area contributed by atoms with Crippen molar-refractivity contribution in [3.63, 3.8) is 0 Å². The molecule has 0 bridgehead atoms. The summed E-state index contributed by atoms with van der Waals surface area (Å²) in [5, 5.41) is 14.2. The molecule has 0 saturated carbocycles. The van der Waals surface area contributed by atoms with E-state index in [1.54, 1.807) is 12.1 Å². The number of para-hydroxylation sites is 2. The van der Waals surface area contributed by atoms with Gasteiger partial charge in [0.1, 0.15) is 12.1 Å². The Morgan fingerprint density at radius 1 is 1.40 bits per heavy atom. The first kappa shape index (κ1) is 13.5. The van der Waals surface area contributed by atoms with E-state index >= 15 is 0 Å². The van der Waals surface area contributed by atoms with Crippen LogP contribution >= 0.6 is 0 Å². The molecule has 8 nitrogen and oxygen atoms in total. The van der Waals surface area contributed by atoms with E-state index in [1.807, 2.05) is 0 Å². The molecule has 0 aliphatic carbocycles. The molecule has 2 aromatic rings. The number of nitrogens with one attached hydrogen (secondary N) is 1. The fourth-order valence-corrected chi connectivity index (χ4v) is 1.65. The van der Waals surface area contributed by atoms with E-state index in [2.05, 4.69) is 10.1 Å². The molecule has 0 fully saturated rings. The van der Waals surface area contributed by atoms with Gasteiger partial charge >= 0.3 is 5.97 Å². The largest absolute Gasteiger partial charge is 0.805 e. The van der Waals surface area contributed by atoms with Crippen LogP contribution in [0, 0.1) is 10.1 Å². The number of fused-ring (bicyclic) bond motifs is 1. The van der Waals surface area contributed by atoms with E-state index in [-0.39, 0.29) is 17.6 Å². The zero-order valence-corrected chi connectivity index (χ0v) is 10.5. The van der Waals surface area contributed by atoms with Gasteiger partial charge in [0.15, 0.2) is 5.69 Å². The van der Waals surface area contributed by atoms with Gasteiger partial charge in [-0.15, -0.1) is 0 Å². The van der Waals surface area contributed by atoms with Gasteiger partial charge in [-0.3, -0.25) is 9.59 Å². The molecule has 0 unspecified atom stereocenters. The first-order valence-corrected chi connectivity index (χ1v) is 5.64. The highest BCUT2D eigenvalue weighted by Crippen LogP contribution is 2.10. The van der Waals surface area contributed by atoms with Crippen LogP contribution in [0.25, 0.3) is 11.0 Å². The Morgan fingerprint density at radius 3 is 2.80 bits per heavy atom. The van der Waals surface area contributed by atoms with Crippen molar-refractivity contribution in [1.29, 1.82) is 0 Å². The molecule has 8 heteroatoms. The molecule has 1 aromatic heterocycles. The van der Waals surface area contributed by atoms with E-state index < -0.39 is 17.6 Å². The lowest BCUT2D eigenvalue weighted by molar-refractivity contribution is -0.464. The minimum atomic E-state index is -0.833. The lowest BCUT2D eigenvalue weighted by atomic mass is 10.3. The molecule has 20 heavy (non-hydrogen) atoms. The summed E-state index contributed by atoms with van der Waals surface area (Å²) in [6.07, 6.45) is 0.863. The number of nitrogens with zero attached hydrogens (tertiary/aromatic N) is 2. The SMILES string of the molecule is COC(=O)CNC(=O)c1c[n+](=O)c2ccccc2n1[O-]. The third kappa shape index (κ3) is 2.44. The summed E-state index contributed by atoms with van der Waals surface area (Å²) in [4.78, 5) is 34.5. The van der Waals surface area contributed by atoms with Gasteiger partial charge < -0.3 is 20.0 Å². The Labute approximate surface area is 112 Å². The minimum absolute atomic E-state index is 0.0632. The van der Waals surface area contributed by atoms with Crippen LogP contribution in [0.2, 0.25) is 0 Å². The Hall–Kier alpha value is -2.90. The topological polar surface area (TPSA) is 106 Å². The van der Waals surface area contributed by atoms with Crippen LogP contribution in [-0.2, 0) is 9.53 Å². The number of ether oxygens (including phenoxy) is 1. The first-order chi connectivity index (χ1) is 9.54. The summed E-state index contributed by atoms with van der Waals surface area (Å²) in [5.41, 5.74) is -0.192. The minimum Gasteiger partial charge on any atom is -0.805 e. The maximum absolute atomic E-state index is 12.0. The molecular formula is C12H11N3O5. The molecule has 0 atom stereocenters. The van der Waals surface area contributed by atoms with E-state index in [0.717, 1.165) is 6.20 Å². The molecule has 104 valence electrons. The zero-order valence-electron chi connectivity index (χ0n) is 10.5. The second kappa shape index (κ2) is 5.39. The van der Waals surface area contributed by atoms with Gasteiger partial charge in [-0.1, -0.05) is 12.1 Å². The standard InChI is InChI=1S/C12H11N3O5/c1-20-11(16)6-13-12(17)10-7-14(18)8-4-2-3-5-9(8)15(10)19/h2-5,7H,6H2,1H3,(H,13,17). The van der Waals surface area contributed by atoms with Crippen LogP contribution in [0.4, 0.5) is 0 Å². The van der Waals surface area contributed by atoms with E-state index in [4.69, 9.17) is 0 Å². The summed E-state index contributed by atoms with van der Waals surface area (Å²) >= 11 is 0. The summed E-state index contributed by atoms with van der Waals surface area (Å²) in [6, 6.07) is 6.07. The van der Waals surface area contributed by atoms with Gasteiger partial charge in [0.05, 0.1) is 11.5 Å². The lowest BCUT2D eigenvalue weighted by Crippen LogP contribution is -2.34. The van der Waals surface area contributed by atoms with Gasteiger partial charge in [-0.05, 0) is 6.07 Å². The number of hydrogen-bond donors (Lipinski definition) is 1. The molecule has 2 rings (SSSR count). The number of aromatic nitrogens is 2. The molecule has 1 aromatic carbocycles. The number of rotatable bonds is 3. The highest BCUT2D eigenvalue weighted by atomic mass is 16.5. The van der Waals surface area contributed by atoms with Crippen molar-refractivity contribution in [2.24, 2.45) is 0 Å². The van der Waals surface area contributed by atoms with Crippen LogP contribution in [0.5, 0.6) is 0 Å². The molecule has 0 spiro atoms. The number of benzene rings is 1. The first-order valence-electron chi connectivity index (χ1n) is 5.64. The molecular weight excluding hydrogens is 266 g/mol. The Morgan fingerprint density at radius 2 is 2.10 bits per heavy atom. The average Bonchev–Trinajstić information content (AvgIpc) is 2.48. The number of esters is 1. The molecule has 1 amide bonds. The molecule has 0 aliphatic rings. The summed E-state index contributed by atoms with van der Waals surface area (Å²) in [5.74, 6) is -1.49. The summed E-state index contributed by atoms with van der Waals surface area (Å²) in [7, 11) is 1.17. The maximum atomic E-state index is 12.0. The van der Waals surface area contributed by atoms with E-state index in [9.17, 15) is 19.7 Å². The Kier molecular flexibility index (Phi) is 3.65. The predicted octanol–water partition coefficient (Wildman–Crippen LogP) is -0.196. The fraction of sp³-hybridized carbons (Fsp3) is 0.167. The van der Waals surface area contributed by atoms with Crippen molar-refractivity contribution < 1.29 is 18.8 Å². The van der Waals surface area contributed by atoms with Gasteiger partial charge in [0, 0.05) is 11.0 Å². The number of amides is 1. The Bertz CT molecular complexity index is 737. The predicted molar refractivity (Wildman–Crippen MR) is 68.4 cm³/mol. The van der Waals surface area contributed by atoms with Crippen molar-refractivity contribution in [2.75, 3.05) is 13.7 Å². The van der Waals surface area contributed by atoms with Crippen molar-refractivity contribution in [1.82, 2.24) is 10.0 Å². The second-order valence-electron chi connectivity index (χ2n) is 3.88. The van der Waals surface area contributed by atoms with Crippen LogP contribution in [0.3, 0.4) is 0 Å². The zero-order chi connectivity index (χ0) is 14.7. The molecule has 1 N–H and O–H groups in total. The van der Waals surface area contributed by atoms with Crippen LogP contribution in [0.15, 0.2) is 30.5 Å². The summed E-state index contributed by atoms with van der Waals surface area (Å²) in [6.45, 7) is -0.388. The quantitative estimate of drug-likeness (QED) is 0.618. The third-order valence-electron chi connectivity index (χ3n) is 2.65. The Balaban J connectivity index is 2.40. The van der Waals surface area contributed by atoms with Crippen LogP contribution < -0.4 is 9.74 Å². The maximum Gasteiger partial charge on any atom is 0.325 e. The van der Waals surface area contributed by atoms with Gasteiger partial charge in [0.2, 0.25) is 0 Å². The second-order valence-corrected chi connectivity index (χ2v) is 3.88. The third-order valence-corrected chi connectivity index (χ3v) is 2.65. The summed E-state index contributed by atoms with van der Waals surface area (Å²) < 4.78 is 5.13.